The summed E-state index contributed by atoms with van der Waals surface area (Å²) in [6.07, 6.45) is 4.19. The Morgan fingerprint density at radius 1 is 1.24 bits per heavy atom. The third-order valence-electron chi connectivity index (χ3n) is 3.29. The van der Waals surface area contributed by atoms with Crippen LogP contribution in [0.2, 0.25) is 0 Å². The quantitative estimate of drug-likeness (QED) is 0.855. The lowest BCUT2D eigenvalue weighted by molar-refractivity contribution is -0.138. The first-order chi connectivity index (χ1) is 10.1. The molecule has 0 bridgehead atoms. The van der Waals surface area contributed by atoms with Crippen LogP contribution < -0.4 is 5.32 Å². The highest BCUT2D eigenvalue weighted by Crippen LogP contribution is 2.18. The summed E-state index contributed by atoms with van der Waals surface area (Å²) in [6.45, 7) is 1.63. The molecule has 1 amide bonds. The lowest BCUT2D eigenvalue weighted by Crippen LogP contribution is -2.12. The summed E-state index contributed by atoms with van der Waals surface area (Å²) in [4.78, 5) is 22.7. The Bertz CT molecular complexity index is 602. The molecule has 5 nitrogen and oxygen atoms in total. The molecule has 2 aromatic rings. The second-order valence-electron chi connectivity index (χ2n) is 4.86. The minimum atomic E-state index is -0.869. The van der Waals surface area contributed by atoms with Crippen molar-refractivity contribution in [2.24, 2.45) is 0 Å². The number of rotatable bonds is 6. The van der Waals surface area contributed by atoms with Crippen LogP contribution in [0.15, 0.2) is 47.3 Å². The van der Waals surface area contributed by atoms with Gasteiger partial charge in [-0.15, -0.1) is 0 Å². The lowest BCUT2D eigenvalue weighted by Gasteiger charge is -2.09. The first-order valence-electron chi connectivity index (χ1n) is 6.70. The summed E-state index contributed by atoms with van der Waals surface area (Å²) < 4.78 is 4.94. The van der Waals surface area contributed by atoms with Gasteiger partial charge in [0.15, 0.2) is 0 Å². The van der Waals surface area contributed by atoms with E-state index in [4.69, 9.17) is 9.52 Å². The van der Waals surface area contributed by atoms with Crippen LogP contribution in [-0.2, 0) is 16.0 Å². The molecule has 0 fully saturated rings. The summed E-state index contributed by atoms with van der Waals surface area (Å²) >= 11 is 0. The van der Waals surface area contributed by atoms with Crippen molar-refractivity contribution in [3.8, 4) is 0 Å². The van der Waals surface area contributed by atoms with Crippen molar-refractivity contribution in [2.75, 3.05) is 5.32 Å². The summed E-state index contributed by atoms with van der Waals surface area (Å²) in [6, 6.07) is 8.68. The van der Waals surface area contributed by atoms with Crippen molar-refractivity contribution in [1.82, 2.24) is 0 Å². The van der Waals surface area contributed by atoms with Crippen molar-refractivity contribution in [3.63, 3.8) is 0 Å². The maximum Gasteiger partial charge on any atom is 0.310 e. The number of carboxylic acid groups (broad SMARTS) is 1. The molecular formula is C16H17NO4. The van der Waals surface area contributed by atoms with Crippen LogP contribution in [0, 0.1) is 0 Å². The van der Waals surface area contributed by atoms with Gasteiger partial charge in [-0.2, -0.15) is 0 Å². The molecule has 0 aliphatic carbocycles. The van der Waals surface area contributed by atoms with Crippen LogP contribution >= 0.6 is 0 Å². The van der Waals surface area contributed by atoms with E-state index in [0.717, 1.165) is 5.56 Å². The van der Waals surface area contributed by atoms with Crippen molar-refractivity contribution in [3.05, 3.63) is 54.0 Å². The zero-order chi connectivity index (χ0) is 15.2. The fourth-order valence-electron chi connectivity index (χ4n) is 1.91. The first kappa shape index (κ1) is 14.8. The van der Waals surface area contributed by atoms with E-state index >= 15 is 0 Å². The average Bonchev–Trinajstić information content (AvgIpc) is 2.98. The number of furan rings is 1. The second-order valence-corrected chi connectivity index (χ2v) is 4.86. The van der Waals surface area contributed by atoms with Crippen LogP contribution in [0.5, 0.6) is 0 Å². The zero-order valence-corrected chi connectivity index (χ0v) is 11.7. The minimum absolute atomic E-state index is 0.0877. The van der Waals surface area contributed by atoms with E-state index in [2.05, 4.69) is 5.32 Å². The molecule has 0 saturated heterocycles. The highest BCUT2D eigenvalue weighted by molar-refractivity contribution is 5.90. The van der Waals surface area contributed by atoms with Gasteiger partial charge in [0.1, 0.15) is 0 Å². The number of anilines is 1. The van der Waals surface area contributed by atoms with Gasteiger partial charge in [0.2, 0.25) is 5.91 Å². The van der Waals surface area contributed by atoms with Crippen molar-refractivity contribution >= 4 is 17.6 Å². The van der Waals surface area contributed by atoms with Gasteiger partial charge in [-0.3, -0.25) is 9.59 Å². The molecule has 1 atom stereocenters. The minimum Gasteiger partial charge on any atom is -0.481 e. The lowest BCUT2D eigenvalue weighted by atomic mass is 10.0. The average molecular weight is 287 g/mol. The number of carbonyl (C=O) groups is 2. The van der Waals surface area contributed by atoms with E-state index in [1.54, 1.807) is 43.7 Å². The molecule has 2 rings (SSSR count). The van der Waals surface area contributed by atoms with Crippen molar-refractivity contribution in [2.45, 2.75) is 25.7 Å². The maximum atomic E-state index is 11.8. The van der Waals surface area contributed by atoms with Crippen LogP contribution in [0.3, 0.4) is 0 Å². The molecule has 0 spiro atoms. The Labute approximate surface area is 122 Å². The highest BCUT2D eigenvalue weighted by atomic mass is 16.4. The molecule has 0 aliphatic rings. The smallest absolute Gasteiger partial charge is 0.310 e. The Hall–Kier alpha value is -2.56. The standard InChI is InChI=1S/C16H17NO4/c1-11(16(19)20)13-3-5-14(6-4-13)17-15(18)7-2-12-8-9-21-10-12/h3-6,8-11H,2,7H2,1H3,(H,17,18)(H,19,20)/t11-/m1/s1. The number of carboxylic acids is 1. The van der Waals surface area contributed by atoms with Crippen LogP contribution in [0.25, 0.3) is 0 Å². The normalized spacial score (nSPS) is 11.9. The molecule has 1 heterocycles. The van der Waals surface area contributed by atoms with E-state index in [1.165, 1.54) is 0 Å². The second kappa shape index (κ2) is 6.74. The molecule has 110 valence electrons. The number of aryl methyl sites for hydroxylation is 1. The third kappa shape index (κ3) is 4.21. The van der Waals surface area contributed by atoms with Gasteiger partial charge in [0.25, 0.3) is 0 Å². The summed E-state index contributed by atoms with van der Waals surface area (Å²) in [5, 5.41) is 11.7. The van der Waals surface area contributed by atoms with Gasteiger partial charge in [0, 0.05) is 12.1 Å². The molecule has 0 radical (unpaired) electrons. The SMILES string of the molecule is C[C@@H](C(=O)O)c1ccc(NC(=O)CCc2ccoc2)cc1. The number of aliphatic carboxylic acids is 1. The number of hydrogen-bond acceptors (Lipinski definition) is 3. The number of carbonyl (C=O) groups excluding carboxylic acids is 1. The number of nitrogens with one attached hydrogen (secondary N) is 1. The first-order valence-corrected chi connectivity index (χ1v) is 6.70. The third-order valence-corrected chi connectivity index (χ3v) is 3.29. The summed E-state index contributed by atoms with van der Waals surface area (Å²) in [7, 11) is 0. The Balaban J connectivity index is 1.88. The molecule has 1 aromatic carbocycles. The summed E-state index contributed by atoms with van der Waals surface area (Å²) in [5.74, 6) is -1.52. The molecule has 0 aliphatic heterocycles. The van der Waals surface area contributed by atoms with Crippen LogP contribution in [0.1, 0.15) is 30.4 Å². The predicted molar refractivity (Wildman–Crippen MR) is 78.2 cm³/mol. The number of hydrogen-bond donors (Lipinski definition) is 2. The van der Waals surface area contributed by atoms with Crippen molar-refractivity contribution in [1.29, 1.82) is 0 Å². The van der Waals surface area contributed by atoms with E-state index in [-0.39, 0.29) is 5.91 Å². The summed E-state index contributed by atoms with van der Waals surface area (Å²) in [5.41, 5.74) is 2.35. The van der Waals surface area contributed by atoms with Gasteiger partial charge in [-0.1, -0.05) is 12.1 Å². The number of amides is 1. The van der Waals surface area contributed by atoms with Crippen molar-refractivity contribution < 1.29 is 19.1 Å². The van der Waals surface area contributed by atoms with E-state index in [9.17, 15) is 9.59 Å². The monoisotopic (exact) mass is 287 g/mol. The predicted octanol–water partition coefficient (Wildman–Crippen LogP) is 3.04. The Kier molecular flexibility index (Phi) is 4.77. The van der Waals surface area contributed by atoms with Gasteiger partial charge in [-0.05, 0) is 42.7 Å². The van der Waals surface area contributed by atoms with Crippen LogP contribution in [-0.4, -0.2) is 17.0 Å². The largest absolute Gasteiger partial charge is 0.481 e. The van der Waals surface area contributed by atoms with E-state index in [1.807, 2.05) is 6.07 Å². The molecule has 5 heteroatoms. The number of benzene rings is 1. The van der Waals surface area contributed by atoms with Gasteiger partial charge >= 0.3 is 5.97 Å². The molecular weight excluding hydrogens is 270 g/mol. The molecule has 1 aromatic heterocycles. The van der Waals surface area contributed by atoms with Gasteiger partial charge < -0.3 is 14.8 Å². The zero-order valence-electron chi connectivity index (χ0n) is 11.7. The molecule has 21 heavy (non-hydrogen) atoms. The Morgan fingerprint density at radius 2 is 1.95 bits per heavy atom. The maximum absolute atomic E-state index is 11.8. The van der Waals surface area contributed by atoms with Gasteiger partial charge in [0.05, 0.1) is 18.4 Å². The molecule has 0 unspecified atom stereocenters. The molecule has 0 saturated carbocycles. The topological polar surface area (TPSA) is 79.5 Å². The van der Waals surface area contributed by atoms with Crippen LogP contribution in [0.4, 0.5) is 5.69 Å². The Morgan fingerprint density at radius 3 is 2.52 bits per heavy atom. The fraction of sp³-hybridized carbons (Fsp3) is 0.250. The fourth-order valence-corrected chi connectivity index (χ4v) is 1.91. The van der Waals surface area contributed by atoms with Gasteiger partial charge in [-0.25, -0.2) is 0 Å². The highest BCUT2D eigenvalue weighted by Gasteiger charge is 2.13. The molecule has 2 N–H and O–H groups in total. The van der Waals surface area contributed by atoms with E-state index < -0.39 is 11.9 Å². The van der Waals surface area contributed by atoms with E-state index in [0.29, 0.717) is 24.1 Å².